The normalized spacial score (nSPS) is 18.9. The summed E-state index contributed by atoms with van der Waals surface area (Å²) in [4.78, 5) is 0. The molecule has 14 heavy (non-hydrogen) atoms. The van der Waals surface area contributed by atoms with E-state index in [1.54, 1.807) is 6.08 Å². The predicted molar refractivity (Wildman–Crippen MR) is 50.1 cm³/mol. The summed E-state index contributed by atoms with van der Waals surface area (Å²) in [7, 11) is 0. The third-order valence-corrected chi connectivity index (χ3v) is 2.24. The van der Waals surface area contributed by atoms with Crippen molar-refractivity contribution >= 4 is 6.08 Å². The molecular formula is C11H10F2O. The lowest BCUT2D eigenvalue weighted by Crippen LogP contribution is -2.16. The van der Waals surface area contributed by atoms with Crippen molar-refractivity contribution in [2.75, 3.05) is 0 Å². The van der Waals surface area contributed by atoms with Crippen LogP contribution in [0.4, 0.5) is 8.78 Å². The number of hydrogen-bond acceptors (Lipinski definition) is 1. The highest BCUT2D eigenvalue weighted by Gasteiger charge is 2.19. The minimum Gasteiger partial charge on any atom is -0.483 e. The molecule has 0 N–H and O–H groups in total. The summed E-state index contributed by atoms with van der Waals surface area (Å²) in [6, 6.07) is 2.62. The monoisotopic (exact) mass is 196 g/mol. The molecule has 3 heteroatoms. The minimum atomic E-state index is -0.898. The molecule has 0 radical (unpaired) electrons. The van der Waals surface area contributed by atoms with Gasteiger partial charge in [0.1, 0.15) is 6.10 Å². The van der Waals surface area contributed by atoms with E-state index in [-0.39, 0.29) is 11.9 Å². The molecule has 1 heterocycles. The van der Waals surface area contributed by atoms with Crippen LogP contribution >= 0.6 is 0 Å². The smallest absolute Gasteiger partial charge is 0.201 e. The van der Waals surface area contributed by atoms with Gasteiger partial charge in [0, 0.05) is 5.56 Å². The van der Waals surface area contributed by atoms with Crippen molar-refractivity contribution in [3.8, 4) is 5.75 Å². The Kier molecular flexibility index (Phi) is 2.23. The van der Waals surface area contributed by atoms with Gasteiger partial charge in [-0.1, -0.05) is 13.0 Å². The topological polar surface area (TPSA) is 9.23 Å². The number of halogens is 2. The van der Waals surface area contributed by atoms with Crippen molar-refractivity contribution in [1.82, 2.24) is 0 Å². The van der Waals surface area contributed by atoms with Crippen molar-refractivity contribution in [3.63, 3.8) is 0 Å². The lowest BCUT2D eigenvalue weighted by Gasteiger charge is -2.20. The van der Waals surface area contributed by atoms with E-state index in [1.807, 2.05) is 13.0 Å². The van der Waals surface area contributed by atoms with Gasteiger partial charge in [-0.15, -0.1) is 0 Å². The van der Waals surface area contributed by atoms with Crippen LogP contribution in [-0.2, 0) is 0 Å². The number of ether oxygens (including phenoxy) is 1. The van der Waals surface area contributed by atoms with Gasteiger partial charge in [0.2, 0.25) is 5.82 Å². The molecule has 1 aliphatic heterocycles. The van der Waals surface area contributed by atoms with Crippen LogP contribution in [0.5, 0.6) is 5.75 Å². The van der Waals surface area contributed by atoms with E-state index in [4.69, 9.17) is 4.74 Å². The lowest BCUT2D eigenvalue weighted by molar-refractivity contribution is 0.227. The van der Waals surface area contributed by atoms with Gasteiger partial charge in [-0.2, -0.15) is 4.39 Å². The lowest BCUT2D eigenvalue weighted by atomic mass is 10.1. The zero-order valence-corrected chi connectivity index (χ0v) is 7.76. The Morgan fingerprint density at radius 1 is 1.36 bits per heavy atom. The van der Waals surface area contributed by atoms with Crippen molar-refractivity contribution in [1.29, 1.82) is 0 Å². The molecule has 0 bridgehead atoms. The van der Waals surface area contributed by atoms with Crippen molar-refractivity contribution < 1.29 is 13.5 Å². The summed E-state index contributed by atoms with van der Waals surface area (Å²) in [6.07, 6.45) is 4.19. The van der Waals surface area contributed by atoms with Crippen molar-refractivity contribution in [2.45, 2.75) is 19.4 Å². The number of rotatable bonds is 1. The Bertz CT molecular complexity index is 385. The fraction of sp³-hybridized carbons (Fsp3) is 0.273. The first-order valence-electron chi connectivity index (χ1n) is 4.55. The fourth-order valence-electron chi connectivity index (χ4n) is 1.42. The van der Waals surface area contributed by atoms with Gasteiger partial charge >= 0.3 is 0 Å². The zero-order valence-electron chi connectivity index (χ0n) is 7.76. The molecule has 0 spiro atoms. The Labute approximate surface area is 81.0 Å². The maximum absolute atomic E-state index is 13.3. The summed E-state index contributed by atoms with van der Waals surface area (Å²) in [5.41, 5.74) is 0.591. The molecule has 1 nitrogen and oxygen atoms in total. The third kappa shape index (κ3) is 1.39. The van der Waals surface area contributed by atoms with Gasteiger partial charge in [-0.3, -0.25) is 0 Å². The second kappa shape index (κ2) is 3.40. The molecule has 0 aromatic heterocycles. The highest BCUT2D eigenvalue weighted by molar-refractivity contribution is 5.60. The van der Waals surface area contributed by atoms with Gasteiger partial charge in [0.05, 0.1) is 0 Å². The van der Waals surface area contributed by atoms with E-state index in [9.17, 15) is 8.78 Å². The van der Waals surface area contributed by atoms with Crippen LogP contribution in [0.15, 0.2) is 18.2 Å². The minimum absolute atomic E-state index is 0.0272. The Balaban J connectivity index is 2.47. The molecular weight excluding hydrogens is 186 g/mol. The fourth-order valence-corrected chi connectivity index (χ4v) is 1.42. The van der Waals surface area contributed by atoms with Gasteiger partial charge in [0.15, 0.2) is 11.6 Å². The van der Waals surface area contributed by atoms with E-state index >= 15 is 0 Å². The molecule has 0 fully saturated rings. The summed E-state index contributed by atoms with van der Waals surface area (Å²) in [5.74, 6) is -1.74. The maximum atomic E-state index is 13.3. The predicted octanol–water partition coefficient (Wildman–Crippen LogP) is 3.15. The first kappa shape index (κ1) is 9.19. The molecule has 0 saturated heterocycles. The van der Waals surface area contributed by atoms with Crippen molar-refractivity contribution in [2.24, 2.45) is 0 Å². The molecule has 1 unspecified atom stereocenters. The highest BCUT2D eigenvalue weighted by atomic mass is 19.2. The molecule has 1 atom stereocenters. The molecule has 1 aromatic rings. The number of benzene rings is 1. The van der Waals surface area contributed by atoms with Crippen molar-refractivity contribution in [3.05, 3.63) is 35.4 Å². The van der Waals surface area contributed by atoms with Crippen LogP contribution in [0, 0.1) is 11.6 Å². The molecule has 74 valence electrons. The summed E-state index contributed by atoms with van der Waals surface area (Å²) < 4.78 is 31.4. The average molecular weight is 196 g/mol. The first-order valence-corrected chi connectivity index (χ1v) is 4.55. The standard InChI is InChI=1S/C11H10F2O/c1-2-8-5-3-7-4-6-9(12)10(13)11(7)14-8/h3-6,8H,2H2,1H3. The summed E-state index contributed by atoms with van der Waals surface area (Å²) in [6.45, 7) is 1.93. The molecule has 1 aromatic carbocycles. The Hall–Kier alpha value is -1.38. The molecule has 0 aliphatic carbocycles. The first-order chi connectivity index (χ1) is 6.72. The van der Waals surface area contributed by atoms with Crippen LogP contribution in [0.3, 0.4) is 0 Å². The second-order valence-electron chi connectivity index (χ2n) is 3.20. The molecule has 0 amide bonds. The Morgan fingerprint density at radius 2 is 2.14 bits per heavy atom. The third-order valence-electron chi connectivity index (χ3n) is 2.24. The van der Waals surface area contributed by atoms with Crippen LogP contribution in [0.1, 0.15) is 18.9 Å². The second-order valence-corrected chi connectivity index (χ2v) is 3.20. The molecule has 0 saturated carbocycles. The number of fused-ring (bicyclic) bond motifs is 1. The highest BCUT2D eigenvalue weighted by Crippen LogP contribution is 2.31. The Morgan fingerprint density at radius 3 is 2.86 bits per heavy atom. The average Bonchev–Trinajstić information content (AvgIpc) is 2.23. The van der Waals surface area contributed by atoms with Crippen LogP contribution in [0.2, 0.25) is 0 Å². The quantitative estimate of drug-likeness (QED) is 0.670. The molecule has 2 rings (SSSR count). The van der Waals surface area contributed by atoms with Gasteiger partial charge in [-0.05, 0) is 24.6 Å². The van der Waals surface area contributed by atoms with Crippen LogP contribution in [-0.4, -0.2) is 6.10 Å². The molecule has 1 aliphatic rings. The van der Waals surface area contributed by atoms with Crippen LogP contribution < -0.4 is 4.74 Å². The number of hydrogen-bond donors (Lipinski definition) is 0. The van der Waals surface area contributed by atoms with E-state index in [0.717, 1.165) is 12.5 Å². The summed E-state index contributed by atoms with van der Waals surface area (Å²) >= 11 is 0. The van der Waals surface area contributed by atoms with Crippen LogP contribution in [0.25, 0.3) is 6.08 Å². The van der Waals surface area contributed by atoms with Gasteiger partial charge in [0.25, 0.3) is 0 Å². The summed E-state index contributed by atoms with van der Waals surface area (Å²) in [5, 5.41) is 0. The largest absolute Gasteiger partial charge is 0.483 e. The van der Waals surface area contributed by atoms with Gasteiger partial charge < -0.3 is 4.74 Å². The van der Waals surface area contributed by atoms with E-state index in [1.165, 1.54) is 6.07 Å². The zero-order chi connectivity index (χ0) is 10.1. The SMILES string of the molecule is CCC1C=Cc2ccc(F)c(F)c2O1. The van der Waals surface area contributed by atoms with E-state index < -0.39 is 11.6 Å². The van der Waals surface area contributed by atoms with E-state index in [2.05, 4.69) is 0 Å². The maximum Gasteiger partial charge on any atom is 0.201 e. The van der Waals surface area contributed by atoms with Gasteiger partial charge in [-0.25, -0.2) is 4.39 Å². The van der Waals surface area contributed by atoms with E-state index in [0.29, 0.717) is 5.56 Å².